The molecule has 1 unspecified atom stereocenters. The number of para-hydroxylation sites is 2. The molecule has 8 heteroatoms. The first kappa shape index (κ1) is 14.3. The second kappa shape index (κ2) is 5.12. The molecular formula is C16H15N5O3. The van der Waals surface area contributed by atoms with Gasteiger partial charge in [-0.2, -0.15) is 0 Å². The minimum atomic E-state index is -0.550. The number of aryl methyl sites for hydroxylation is 1. The molecule has 0 saturated carbocycles. The van der Waals surface area contributed by atoms with Gasteiger partial charge in [0.05, 0.1) is 18.1 Å². The number of imidazole rings is 1. The summed E-state index contributed by atoms with van der Waals surface area (Å²) in [5, 5.41) is 2.95. The highest BCUT2D eigenvalue weighted by Crippen LogP contribution is 2.34. The lowest BCUT2D eigenvalue weighted by molar-refractivity contribution is 0.0599. The van der Waals surface area contributed by atoms with E-state index >= 15 is 0 Å². The first-order chi connectivity index (χ1) is 11.6. The number of anilines is 1. The van der Waals surface area contributed by atoms with Gasteiger partial charge in [0, 0.05) is 0 Å². The Kier molecular flexibility index (Phi) is 3.05. The molecule has 24 heavy (non-hydrogen) atoms. The van der Waals surface area contributed by atoms with Gasteiger partial charge in [-0.1, -0.05) is 12.1 Å². The van der Waals surface area contributed by atoms with E-state index in [4.69, 9.17) is 14.9 Å². The fourth-order valence-corrected chi connectivity index (χ4v) is 2.85. The van der Waals surface area contributed by atoms with Gasteiger partial charge in [0.15, 0.2) is 17.9 Å². The van der Waals surface area contributed by atoms with Gasteiger partial charge in [0.2, 0.25) is 5.95 Å². The molecule has 3 N–H and O–H groups in total. The molecule has 0 bridgehead atoms. The third-order valence-corrected chi connectivity index (χ3v) is 3.94. The van der Waals surface area contributed by atoms with E-state index in [1.807, 2.05) is 28.8 Å². The van der Waals surface area contributed by atoms with Crippen molar-refractivity contribution in [2.45, 2.75) is 13.1 Å². The van der Waals surface area contributed by atoms with E-state index in [2.05, 4.69) is 15.3 Å². The third kappa shape index (κ3) is 2.03. The average Bonchev–Trinajstić information content (AvgIpc) is 3.13. The number of rotatable bonds is 2. The quantitative estimate of drug-likeness (QED) is 0.698. The lowest BCUT2D eigenvalue weighted by atomic mass is 10.2. The number of aliphatic imine (C=N–C) groups is 1. The smallest absolute Gasteiger partial charge is 0.341 e. The van der Waals surface area contributed by atoms with E-state index < -0.39 is 12.1 Å². The maximum atomic E-state index is 11.8. The van der Waals surface area contributed by atoms with Crippen molar-refractivity contribution in [2.24, 2.45) is 10.7 Å². The van der Waals surface area contributed by atoms with Crippen LogP contribution in [0.5, 0.6) is 0 Å². The predicted octanol–water partition coefficient (Wildman–Crippen LogP) is 2.01. The van der Waals surface area contributed by atoms with Crippen LogP contribution in [0, 0.1) is 6.92 Å². The number of carbonyl (C=O) groups is 1. The molecule has 3 heterocycles. The van der Waals surface area contributed by atoms with Crippen molar-refractivity contribution in [1.82, 2.24) is 9.55 Å². The second-order valence-electron chi connectivity index (χ2n) is 5.42. The Morgan fingerprint density at radius 1 is 1.42 bits per heavy atom. The van der Waals surface area contributed by atoms with Crippen molar-refractivity contribution < 1.29 is 13.9 Å². The summed E-state index contributed by atoms with van der Waals surface area (Å²) >= 11 is 0. The predicted molar refractivity (Wildman–Crippen MR) is 87.9 cm³/mol. The maximum Gasteiger partial charge on any atom is 0.341 e. The zero-order valence-corrected chi connectivity index (χ0v) is 13.1. The Morgan fingerprint density at radius 3 is 3.00 bits per heavy atom. The average molecular weight is 325 g/mol. The topological polar surface area (TPSA) is 108 Å². The number of ether oxygens (including phenoxy) is 1. The Balaban J connectivity index is 1.90. The number of hydrogen-bond acceptors (Lipinski definition) is 7. The largest absolute Gasteiger partial charge is 0.465 e. The molecule has 122 valence electrons. The fraction of sp³-hybridized carbons (Fsp3) is 0.188. The van der Waals surface area contributed by atoms with Gasteiger partial charge in [0.25, 0.3) is 0 Å². The van der Waals surface area contributed by atoms with Crippen molar-refractivity contribution in [2.75, 3.05) is 12.4 Å². The molecule has 1 atom stereocenters. The highest BCUT2D eigenvalue weighted by atomic mass is 16.5. The van der Waals surface area contributed by atoms with E-state index in [0.29, 0.717) is 23.0 Å². The third-order valence-electron chi connectivity index (χ3n) is 3.94. The molecule has 1 aliphatic rings. The van der Waals surface area contributed by atoms with Crippen molar-refractivity contribution in [3.05, 3.63) is 47.4 Å². The first-order valence-electron chi connectivity index (χ1n) is 7.34. The molecule has 1 aromatic carbocycles. The van der Waals surface area contributed by atoms with Gasteiger partial charge in [-0.3, -0.25) is 9.88 Å². The Morgan fingerprint density at radius 2 is 2.21 bits per heavy atom. The molecule has 3 aromatic rings. The molecule has 0 spiro atoms. The number of nitrogens with zero attached hydrogens (tertiary/aromatic N) is 3. The van der Waals surface area contributed by atoms with Crippen LogP contribution in [0.1, 0.15) is 28.0 Å². The number of furan rings is 1. The summed E-state index contributed by atoms with van der Waals surface area (Å²) in [4.78, 5) is 20.8. The molecule has 0 aliphatic carbocycles. The van der Waals surface area contributed by atoms with Crippen LogP contribution in [-0.4, -0.2) is 28.6 Å². The number of benzene rings is 1. The molecule has 0 radical (unpaired) electrons. The van der Waals surface area contributed by atoms with E-state index in [9.17, 15) is 4.79 Å². The number of aromatic nitrogens is 2. The van der Waals surface area contributed by atoms with Crippen molar-refractivity contribution in [3.8, 4) is 0 Å². The van der Waals surface area contributed by atoms with E-state index in [1.54, 1.807) is 13.0 Å². The summed E-state index contributed by atoms with van der Waals surface area (Å²) in [5.41, 5.74) is 7.94. The highest BCUT2D eigenvalue weighted by molar-refractivity contribution is 5.95. The Bertz CT molecular complexity index is 985. The van der Waals surface area contributed by atoms with Gasteiger partial charge in [-0.25, -0.2) is 14.8 Å². The van der Waals surface area contributed by atoms with Crippen molar-refractivity contribution >= 4 is 28.9 Å². The number of fused-ring (bicyclic) bond motifs is 3. The van der Waals surface area contributed by atoms with Gasteiger partial charge < -0.3 is 14.9 Å². The lowest BCUT2D eigenvalue weighted by Crippen LogP contribution is -2.31. The highest BCUT2D eigenvalue weighted by Gasteiger charge is 2.29. The number of nitrogens with one attached hydrogen (secondary N) is 1. The molecule has 2 aromatic heterocycles. The number of esters is 1. The van der Waals surface area contributed by atoms with E-state index in [0.717, 1.165) is 11.0 Å². The standard InChI is InChI=1S/C16H15N5O3/c1-8-9(14(22)23-2)7-12(24-8)13-19-15(17)20-16-18-10-5-3-4-6-11(10)21(13)16/h3-7,13H,1-2H3,(H3,17,18,19,20). The van der Waals surface area contributed by atoms with Crippen molar-refractivity contribution in [1.29, 1.82) is 0 Å². The molecule has 0 amide bonds. The van der Waals surface area contributed by atoms with Crippen LogP contribution in [0.4, 0.5) is 5.95 Å². The van der Waals surface area contributed by atoms with Gasteiger partial charge in [-0.05, 0) is 25.1 Å². The van der Waals surface area contributed by atoms with Crippen LogP contribution in [0.3, 0.4) is 0 Å². The van der Waals surface area contributed by atoms with Gasteiger partial charge in [0.1, 0.15) is 11.3 Å². The zero-order valence-electron chi connectivity index (χ0n) is 13.1. The fourth-order valence-electron chi connectivity index (χ4n) is 2.85. The summed E-state index contributed by atoms with van der Waals surface area (Å²) in [6, 6.07) is 9.31. The molecular weight excluding hydrogens is 310 g/mol. The molecule has 0 saturated heterocycles. The summed E-state index contributed by atoms with van der Waals surface area (Å²) in [6.07, 6.45) is -0.550. The van der Waals surface area contributed by atoms with Crippen LogP contribution >= 0.6 is 0 Å². The molecule has 4 rings (SSSR count). The molecule has 8 nitrogen and oxygen atoms in total. The summed E-state index contributed by atoms with van der Waals surface area (Å²) in [7, 11) is 1.33. The Labute approximate surface area is 136 Å². The molecule has 1 aliphatic heterocycles. The normalized spacial score (nSPS) is 16.4. The first-order valence-corrected chi connectivity index (χ1v) is 7.34. The van der Waals surface area contributed by atoms with Gasteiger partial charge in [-0.15, -0.1) is 0 Å². The summed E-state index contributed by atoms with van der Waals surface area (Å²) in [5.74, 6) is 1.31. The number of methoxy groups -OCH3 is 1. The van der Waals surface area contributed by atoms with E-state index in [-0.39, 0.29) is 5.96 Å². The van der Waals surface area contributed by atoms with Crippen LogP contribution in [0.25, 0.3) is 11.0 Å². The number of carbonyl (C=O) groups excluding carboxylic acids is 1. The number of nitrogens with two attached hydrogens (primary N) is 1. The SMILES string of the molecule is COC(=O)c1cc(C2N=C(N)Nc3nc4ccccc4n32)oc1C. The monoisotopic (exact) mass is 325 g/mol. The van der Waals surface area contributed by atoms with Gasteiger partial charge >= 0.3 is 5.97 Å². The van der Waals surface area contributed by atoms with Crippen LogP contribution in [-0.2, 0) is 4.74 Å². The maximum absolute atomic E-state index is 11.8. The Hall–Kier alpha value is -3.29. The number of hydrogen-bond donors (Lipinski definition) is 2. The summed E-state index contributed by atoms with van der Waals surface area (Å²) < 4.78 is 12.4. The second-order valence-corrected chi connectivity index (χ2v) is 5.42. The lowest BCUT2D eigenvalue weighted by Gasteiger charge is -2.21. The van der Waals surface area contributed by atoms with E-state index in [1.165, 1.54) is 7.11 Å². The minimum absolute atomic E-state index is 0.233. The van der Waals surface area contributed by atoms with Crippen LogP contribution in [0.15, 0.2) is 39.7 Å². The van der Waals surface area contributed by atoms with Crippen LogP contribution in [0.2, 0.25) is 0 Å². The summed E-state index contributed by atoms with van der Waals surface area (Å²) in [6.45, 7) is 1.71. The van der Waals surface area contributed by atoms with Crippen molar-refractivity contribution in [3.63, 3.8) is 0 Å². The minimum Gasteiger partial charge on any atom is -0.465 e. The van der Waals surface area contributed by atoms with Crippen LogP contribution < -0.4 is 11.1 Å². The zero-order chi connectivity index (χ0) is 16.8. The number of guanidine groups is 1. The molecule has 0 fully saturated rings.